The van der Waals surface area contributed by atoms with Gasteiger partial charge in [-0.15, -0.1) is 0 Å². The lowest BCUT2D eigenvalue weighted by Crippen LogP contribution is -2.28. The fourth-order valence-corrected chi connectivity index (χ4v) is 7.17. The molecular weight excluding hydrogens is 530 g/mol. The van der Waals surface area contributed by atoms with Gasteiger partial charge in [0.1, 0.15) is 0 Å². The van der Waals surface area contributed by atoms with Crippen LogP contribution in [0.25, 0.3) is 33.4 Å². The summed E-state index contributed by atoms with van der Waals surface area (Å²) >= 11 is 6.25. The van der Waals surface area contributed by atoms with Gasteiger partial charge in [-0.25, -0.2) is 0 Å². The van der Waals surface area contributed by atoms with Crippen LogP contribution in [0.4, 0.5) is 8.78 Å². The summed E-state index contributed by atoms with van der Waals surface area (Å²) in [5, 5.41) is 0.448. The van der Waals surface area contributed by atoms with Crippen LogP contribution in [-0.2, 0) is 11.3 Å². The van der Waals surface area contributed by atoms with Crippen molar-refractivity contribution in [1.82, 2.24) is 0 Å². The van der Waals surface area contributed by atoms with Gasteiger partial charge in [-0.3, -0.25) is 0 Å². The molecule has 0 nitrogen and oxygen atoms in total. The van der Waals surface area contributed by atoms with Gasteiger partial charge < -0.3 is 0 Å². The molecule has 6 aromatic rings. The lowest BCUT2D eigenvalue weighted by Gasteiger charge is -2.34. The molecule has 0 saturated carbocycles. The van der Waals surface area contributed by atoms with Crippen molar-refractivity contribution >= 4 is 11.6 Å². The molecule has 0 heterocycles. The fourth-order valence-electron chi connectivity index (χ4n) is 7.00. The number of benzene rings is 6. The van der Waals surface area contributed by atoms with Gasteiger partial charge in [-0.05, 0) is 79.9 Å². The molecule has 2 aliphatic rings. The molecule has 0 spiro atoms. The van der Waals surface area contributed by atoms with Gasteiger partial charge in [0.05, 0.1) is 5.41 Å². The van der Waals surface area contributed by atoms with E-state index in [1.807, 2.05) is 24.3 Å². The highest BCUT2D eigenvalue weighted by Gasteiger charge is 2.47. The summed E-state index contributed by atoms with van der Waals surface area (Å²) in [4.78, 5) is 0. The first-order chi connectivity index (χ1) is 20.0. The molecule has 3 heteroatoms. The zero-order valence-electron chi connectivity index (χ0n) is 21.9. The molecule has 0 saturated heterocycles. The van der Waals surface area contributed by atoms with Gasteiger partial charge in [0.15, 0.2) is 0 Å². The van der Waals surface area contributed by atoms with E-state index in [-0.39, 0.29) is 11.1 Å². The Kier molecular flexibility index (Phi) is 5.17. The summed E-state index contributed by atoms with van der Waals surface area (Å²) in [6.45, 7) is 0. The highest BCUT2D eigenvalue weighted by atomic mass is 35.5. The average molecular weight is 553 g/mol. The fraction of sp³-hybridized carbons (Fsp3) is 0.0526. The van der Waals surface area contributed by atoms with Crippen molar-refractivity contribution in [1.29, 1.82) is 0 Å². The van der Waals surface area contributed by atoms with Crippen molar-refractivity contribution in [2.75, 3.05) is 0 Å². The van der Waals surface area contributed by atoms with Crippen molar-refractivity contribution in [3.8, 4) is 33.4 Å². The van der Waals surface area contributed by atoms with Gasteiger partial charge in [0.25, 0.3) is 5.92 Å². The zero-order chi connectivity index (χ0) is 27.8. The first-order valence-electron chi connectivity index (χ1n) is 13.7. The molecule has 0 atom stereocenters. The van der Waals surface area contributed by atoms with Crippen molar-refractivity contribution in [2.24, 2.45) is 0 Å². The number of fused-ring (bicyclic) bond motifs is 6. The summed E-state index contributed by atoms with van der Waals surface area (Å²) < 4.78 is 30.7. The van der Waals surface area contributed by atoms with Crippen molar-refractivity contribution in [2.45, 2.75) is 11.3 Å². The molecule has 2 aliphatic carbocycles. The Bertz CT molecular complexity index is 1940. The van der Waals surface area contributed by atoms with E-state index in [1.54, 1.807) is 12.1 Å². The van der Waals surface area contributed by atoms with E-state index in [2.05, 4.69) is 91.0 Å². The lowest BCUT2D eigenvalue weighted by atomic mass is 9.67. The maximum atomic E-state index is 15.4. The van der Waals surface area contributed by atoms with E-state index in [0.717, 1.165) is 11.1 Å². The largest absolute Gasteiger partial charge is 0.299 e. The van der Waals surface area contributed by atoms with E-state index < -0.39 is 11.3 Å². The van der Waals surface area contributed by atoms with Gasteiger partial charge in [-0.2, -0.15) is 8.78 Å². The van der Waals surface area contributed by atoms with E-state index in [0.29, 0.717) is 16.1 Å². The molecule has 0 aliphatic heterocycles. The topological polar surface area (TPSA) is 0 Å². The molecular formula is C38H23ClF2. The Labute approximate surface area is 242 Å². The Balaban J connectivity index is 1.39. The van der Waals surface area contributed by atoms with E-state index in [1.165, 1.54) is 45.5 Å². The Hall–Kier alpha value is -4.53. The average Bonchev–Trinajstić information content (AvgIpc) is 3.43. The normalized spacial score (nSPS) is 15.1. The lowest BCUT2D eigenvalue weighted by molar-refractivity contribution is 0.0480. The third-order valence-corrected chi connectivity index (χ3v) is 8.99. The van der Waals surface area contributed by atoms with Crippen molar-refractivity contribution in [3.63, 3.8) is 0 Å². The Morgan fingerprint density at radius 1 is 0.415 bits per heavy atom. The quantitative estimate of drug-likeness (QED) is 0.204. The van der Waals surface area contributed by atoms with Gasteiger partial charge in [0.2, 0.25) is 0 Å². The van der Waals surface area contributed by atoms with Gasteiger partial charge in [0, 0.05) is 16.1 Å². The monoisotopic (exact) mass is 552 g/mol. The summed E-state index contributed by atoms with van der Waals surface area (Å²) in [6.07, 6.45) is 0. The Morgan fingerprint density at radius 2 is 0.951 bits per heavy atom. The number of hydrogen-bond acceptors (Lipinski definition) is 0. The second-order valence-electron chi connectivity index (χ2n) is 10.8. The summed E-state index contributed by atoms with van der Waals surface area (Å²) in [5.41, 5.74) is 9.59. The van der Waals surface area contributed by atoms with Crippen molar-refractivity contribution in [3.05, 3.63) is 178 Å². The SMILES string of the molecule is FC1(F)c2ccc(Cl)cc2-c2cc(-c3ccc4c(c3)C(c3ccccc3)(c3ccccc3)c3ccccc3-4)ccc21. The van der Waals surface area contributed by atoms with Crippen LogP contribution >= 0.6 is 11.6 Å². The molecule has 196 valence electrons. The zero-order valence-corrected chi connectivity index (χ0v) is 22.7. The van der Waals surface area contributed by atoms with Crippen LogP contribution in [0, 0.1) is 0 Å². The van der Waals surface area contributed by atoms with Crippen LogP contribution in [0.2, 0.25) is 5.02 Å². The first-order valence-corrected chi connectivity index (χ1v) is 14.1. The van der Waals surface area contributed by atoms with E-state index in [4.69, 9.17) is 11.6 Å². The number of hydrogen-bond donors (Lipinski definition) is 0. The standard InChI is InChI=1S/C38H23ClF2/c39-28-17-20-35-32(23-28)31-21-24(16-19-34(31)38(35,40)41)25-15-18-30-29-13-7-8-14-33(29)37(36(30)22-25,26-9-3-1-4-10-26)27-11-5-2-6-12-27/h1-23H. The maximum Gasteiger partial charge on any atom is 0.299 e. The molecule has 8 rings (SSSR count). The van der Waals surface area contributed by atoms with Crippen LogP contribution in [0.5, 0.6) is 0 Å². The second-order valence-corrected chi connectivity index (χ2v) is 11.2. The highest BCUT2D eigenvalue weighted by Crippen LogP contribution is 2.57. The van der Waals surface area contributed by atoms with Crippen LogP contribution in [-0.4, -0.2) is 0 Å². The molecule has 0 fully saturated rings. The van der Waals surface area contributed by atoms with E-state index in [9.17, 15) is 0 Å². The maximum absolute atomic E-state index is 15.4. The third kappa shape index (κ3) is 3.32. The molecule has 0 N–H and O–H groups in total. The minimum Gasteiger partial charge on any atom is -0.196 e. The van der Waals surface area contributed by atoms with Crippen LogP contribution in [0.15, 0.2) is 140 Å². The second kappa shape index (κ2) is 8.73. The number of alkyl halides is 2. The van der Waals surface area contributed by atoms with Crippen LogP contribution in [0.1, 0.15) is 33.4 Å². The molecule has 0 unspecified atom stereocenters. The summed E-state index contributed by atoms with van der Waals surface area (Å²) in [7, 11) is 0. The Morgan fingerprint density at radius 3 is 1.66 bits per heavy atom. The smallest absolute Gasteiger partial charge is 0.196 e. The first kappa shape index (κ1) is 24.3. The molecule has 41 heavy (non-hydrogen) atoms. The highest BCUT2D eigenvalue weighted by molar-refractivity contribution is 6.31. The summed E-state index contributed by atoms with van der Waals surface area (Å²) in [5.74, 6) is -3.05. The van der Waals surface area contributed by atoms with Crippen LogP contribution < -0.4 is 0 Å². The molecule has 0 radical (unpaired) electrons. The van der Waals surface area contributed by atoms with Gasteiger partial charge >= 0.3 is 0 Å². The van der Waals surface area contributed by atoms with Crippen molar-refractivity contribution < 1.29 is 8.78 Å². The number of rotatable bonds is 3. The molecule has 0 aromatic heterocycles. The molecule has 0 bridgehead atoms. The number of halogens is 3. The van der Waals surface area contributed by atoms with E-state index >= 15 is 8.78 Å². The molecule has 6 aromatic carbocycles. The minimum absolute atomic E-state index is 0.00521. The predicted octanol–water partition coefficient (Wildman–Crippen LogP) is 10.5. The third-order valence-electron chi connectivity index (χ3n) is 8.76. The summed E-state index contributed by atoms with van der Waals surface area (Å²) in [6, 6.07) is 46.3. The minimum atomic E-state index is -3.05. The van der Waals surface area contributed by atoms with Crippen LogP contribution in [0.3, 0.4) is 0 Å². The molecule has 0 amide bonds. The van der Waals surface area contributed by atoms with Gasteiger partial charge in [-0.1, -0.05) is 127 Å². The predicted molar refractivity (Wildman–Crippen MR) is 163 cm³/mol.